The van der Waals surface area contributed by atoms with Gasteiger partial charge in [-0.3, -0.25) is 0 Å². The number of anilines is 6. The van der Waals surface area contributed by atoms with Crippen LogP contribution in [0.25, 0.3) is 22.3 Å². The van der Waals surface area contributed by atoms with Gasteiger partial charge in [-0.2, -0.15) is 0 Å². The predicted molar refractivity (Wildman–Crippen MR) is 204 cm³/mol. The molecule has 0 bridgehead atoms. The Morgan fingerprint density at radius 1 is 0.380 bits per heavy atom. The molecule has 50 heavy (non-hydrogen) atoms. The first-order valence-corrected chi connectivity index (χ1v) is 18.1. The molecule has 0 spiro atoms. The van der Waals surface area contributed by atoms with Crippen LogP contribution in [0.5, 0.6) is 0 Å². The largest absolute Gasteiger partial charge is 0.308 e. The van der Waals surface area contributed by atoms with E-state index in [1.165, 1.54) is 24.3 Å². The second-order valence-corrected chi connectivity index (χ2v) is 14.6. The maximum absolute atomic E-state index is 14.6. The molecular formula is C44H30F2N2S2. The van der Waals surface area contributed by atoms with Gasteiger partial charge in [0.2, 0.25) is 0 Å². The van der Waals surface area contributed by atoms with Crippen molar-refractivity contribution in [3.05, 3.63) is 168 Å². The summed E-state index contributed by atoms with van der Waals surface area (Å²) in [7, 11) is 0. The fourth-order valence-corrected chi connectivity index (χ4v) is 9.50. The van der Waals surface area contributed by atoms with Crippen molar-refractivity contribution < 1.29 is 8.78 Å². The van der Waals surface area contributed by atoms with Gasteiger partial charge in [0.15, 0.2) is 0 Å². The van der Waals surface area contributed by atoms with E-state index in [1.807, 2.05) is 24.3 Å². The summed E-state index contributed by atoms with van der Waals surface area (Å²) in [4.78, 5) is 9.33. The topological polar surface area (TPSA) is 6.48 Å². The molecule has 0 aliphatic carbocycles. The summed E-state index contributed by atoms with van der Waals surface area (Å²) >= 11 is 3.53. The zero-order chi connectivity index (χ0) is 33.9. The SMILES string of the molecule is Cc1c(-c2ccc(F)cc2)c(N2c3ccccc3Sc3ccccc32)c(-c2ccc(F)cc2)c(C)c1N1c2ccccc2Sc2ccccc21. The zero-order valence-electron chi connectivity index (χ0n) is 27.3. The van der Waals surface area contributed by atoms with E-state index in [9.17, 15) is 8.78 Å². The number of nitrogens with zero attached hydrogens (tertiary/aromatic N) is 2. The Bertz CT molecular complexity index is 2280. The van der Waals surface area contributed by atoms with E-state index < -0.39 is 0 Å². The van der Waals surface area contributed by atoms with Gasteiger partial charge < -0.3 is 9.80 Å². The number of hydrogen-bond acceptors (Lipinski definition) is 4. The van der Waals surface area contributed by atoms with Gasteiger partial charge in [0.05, 0.1) is 34.1 Å². The maximum atomic E-state index is 14.6. The normalized spacial score (nSPS) is 13.0. The third-order valence-electron chi connectivity index (χ3n) is 9.51. The molecule has 6 heteroatoms. The molecule has 2 aliphatic heterocycles. The van der Waals surface area contributed by atoms with Crippen molar-refractivity contribution in [3.8, 4) is 22.3 Å². The highest BCUT2D eigenvalue weighted by atomic mass is 32.2. The number of benzene rings is 7. The molecule has 7 aromatic carbocycles. The third-order valence-corrected chi connectivity index (χ3v) is 11.8. The molecule has 0 fully saturated rings. The van der Waals surface area contributed by atoms with Gasteiger partial charge in [-0.15, -0.1) is 0 Å². The second-order valence-electron chi connectivity index (χ2n) is 12.5. The van der Waals surface area contributed by atoms with Crippen molar-refractivity contribution in [1.82, 2.24) is 0 Å². The number of fused-ring (bicyclic) bond motifs is 4. The van der Waals surface area contributed by atoms with E-state index in [2.05, 4.69) is 121 Å². The monoisotopic (exact) mass is 688 g/mol. The van der Waals surface area contributed by atoms with Crippen LogP contribution in [-0.4, -0.2) is 0 Å². The van der Waals surface area contributed by atoms with Crippen LogP contribution in [0, 0.1) is 25.5 Å². The van der Waals surface area contributed by atoms with E-state index >= 15 is 0 Å². The number of rotatable bonds is 4. The van der Waals surface area contributed by atoms with Crippen LogP contribution in [0.15, 0.2) is 165 Å². The highest BCUT2D eigenvalue weighted by Gasteiger charge is 2.35. The lowest BCUT2D eigenvalue weighted by Crippen LogP contribution is -2.21. The number of para-hydroxylation sites is 4. The van der Waals surface area contributed by atoms with Gasteiger partial charge in [-0.05, 0) is 109 Å². The highest BCUT2D eigenvalue weighted by Crippen LogP contribution is 2.60. The fourth-order valence-electron chi connectivity index (χ4n) is 7.39. The van der Waals surface area contributed by atoms with E-state index in [-0.39, 0.29) is 11.6 Å². The number of hydrogen-bond donors (Lipinski definition) is 0. The standard InChI is InChI=1S/C44H30F2N2S2/c1-27-41(29-19-23-31(45)24-20-29)44(48-35-13-5-9-17-39(35)50-40-18-10-6-14-36(40)48)42(30-21-25-32(46)26-22-30)28(2)43(27)47-33-11-3-7-15-37(33)49-38-16-8-4-12-34(38)47/h3-26H,1-2H3. The van der Waals surface area contributed by atoms with Crippen molar-refractivity contribution >= 4 is 57.6 Å². The summed E-state index contributed by atoms with van der Waals surface area (Å²) in [6.07, 6.45) is 0. The molecule has 0 saturated heterocycles. The van der Waals surface area contributed by atoms with Crippen LogP contribution in [0.2, 0.25) is 0 Å². The Morgan fingerprint density at radius 2 is 0.680 bits per heavy atom. The summed E-state index contributed by atoms with van der Waals surface area (Å²) in [6, 6.07) is 47.6. The van der Waals surface area contributed by atoms with Crippen molar-refractivity contribution in [2.45, 2.75) is 33.4 Å². The van der Waals surface area contributed by atoms with Crippen molar-refractivity contribution in [1.29, 1.82) is 0 Å². The van der Waals surface area contributed by atoms with Crippen molar-refractivity contribution in [2.24, 2.45) is 0 Å². The first-order chi connectivity index (χ1) is 24.5. The van der Waals surface area contributed by atoms with Crippen LogP contribution in [0.3, 0.4) is 0 Å². The molecule has 0 amide bonds. The molecule has 2 nitrogen and oxygen atoms in total. The average molecular weight is 689 g/mol. The highest BCUT2D eigenvalue weighted by molar-refractivity contribution is 8.00. The Kier molecular flexibility index (Phi) is 7.52. The summed E-state index contributed by atoms with van der Waals surface area (Å²) in [5.74, 6) is -0.583. The quantitative estimate of drug-likeness (QED) is 0.181. The minimum Gasteiger partial charge on any atom is -0.308 e. The Hall–Kier alpha value is -5.30. The first kappa shape index (κ1) is 30.7. The molecule has 0 radical (unpaired) electrons. The van der Waals surface area contributed by atoms with Gasteiger partial charge >= 0.3 is 0 Å². The molecule has 0 unspecified atom stereocenters. The van der Waals surface area contributed by atoms with Crippen molar-refractivity contribution in [2.75, 3.05) is 9.80 Å². The average Bonchev–Trinajstić information content (AvgIpc) is 3.14. The first-order valence-electron chi connectivity index (χ1n) is 16.5. The van der Waals surface area contributed by atoms with E-state index in [0.717, 1.165) is 87.1 Å². The lowest BCUT2D eigenvalue weighted by molar-refractivity contribution is 0.627. The van der Waals surface area contributed by atoms with Gasteiger partial charge in [0.1, 0.15) is 11.6 Å². The summed E-state index contributed by atoms with van der Waals surface area (Å²) in [6.45, 7) is 4.37. The smallest absolute Gasteiger partial charge is 0.123 e. The van der Waals surface area contributed by atoms with E-state index in [0.29, 0.717) is 0 Å². The molecular weight excluding hydrogens is 659 g/mol. The summed E-state index contributed by atoms with van der Waals surface area (Å²) in [5, 5.41) is 0. The molecule has 2 heterocycles. The molecule has 0 saturated carbocycles. The van der Waals surface area contributed by atoms with Crippen molar-refractivity contribution in [3.63, 3.8) is 0 Å². The molecule has 242 valence electrons. The third kappa shape index (κ3) is 4.93. The minimum absolute atomic E-state index is 0.292. The van der Waals surface area contributed by atoms with E-state index in [1.54, 1.807) is 23.5 Å². The maximum Gasteiger partial charge on any atom is 0.123 e. The van der Waals surface area contributed by atoms with Gasteiger partial charge in [0, 0.05) is 30.7 Å². The minimum atomic E-state index is -0.292. The Balaban J connectivity index is 1.47. The van der Waals surface area contributed by atoms with Gasteiger partial charge in [-0.1, -0.05) is 96.3 Å². The van der Waals surface area contributed by atoms with Crippen LogP contribution in [-0.2, 0) is 0 Å². The molecule has 0 aromatic heterocycles. The second kappa shape index (κ2) is 12.2. The molecule has 9 rings (SSSR count). The number of halogens is 2. The lowest BCUT2D eigenvalue weighted by atomic mass is 9.85. The summed E-state index contributed by atoms with van der Waals surface area (Å²) < 4.78 is 29.3. The van der Waals surface area contributed by atoms with Crippen LogP contribution >= 0.6 is 23.5 Å². The van der Waals surface area contributed by atoms with Crippen LogP contribution in [0.1, 0.15) is 11.1 Å². The summed E-state index contributed by atoms with van der Waals surface area (Å²) in [5.41, 5.74) is 12.2. The molecule has 7 aromatic rings. The van der Waals surface area contributed by atoms with Crippen LogP contribution < -0.4 is 9.80 Å². The van der Waals surface area contributed by atoms with Gasteiger partial charge in [-0.25, -0.2) is 8.78 Å². The fraction of sp³-hybridized carbons (Fsp3) is 0.0455. The van der Waals surface area contributed by atoms with Gasteiger partial charge in [0.25, 0.3) is 0 Å². The lowest BCUT2D eigenvalue weighted by Gasteiger charge is -2.40. The Labute approximate surface area is 299 Å². The van der Waals surface area contributed by atoms with E-state index in [4.69, 9.17) is 0 Å². The predicted octanol–water partition coefficient (Wildman–Crippen LogP) is 13.8. The van der Waals surface area contributed by atoms with Crippen LogP contribution in [0.4, 0.5) is 42.9 Å². The molecule has 2 aliphatic rings. The molecule has 0 atom stereocenters. The Morgan fingerprint density at radius 3 is 1.02 bits per heavy atom. The molecule has 0 N–H and O–H groups in total. The zero-order valence-corrected chi connectivity index (χ0v) is 29.0.